The first-order chi connectivity index (χ1) is 12.6. The molecule has 0 heterocycles. The molecule has 144 valence electrons. The number of amides is 1. The van der Waals surface area contributed by atoms with Gasteiger partial charge in [0, 0.05) is 4.47 Å². The van der Waals surface area contributed by atoms with Gasteiger partial charge in [-0.25, -0.2) is 13.8 Å². The average Bonchev–Trinajstić information content (AvgIpc) is 2.59. The summed E-state index contributed by atoms with van der Waals surface area (Å²) >= 11 is 15.1. The van der Waals surface area contributed by atoms with Crippen LogP contribution in [0.2, 0.25) is 10.0 Å². The molecule has 0 saturated carbocycles. The maximum absolute atomic E-state index is 12.2. The Balaban J connectivity index is 2.15. The summed E-state index contributed by atoms with van der Waals surface area (Å²) in [6.07, 6.45) is 0.999. The molecule has 6 nitrogen and oxygen atoms in total. The molecule has 0 aliphatic heterocycles. The monoisotopic (exact) mass is 491 g/mol. The second-order valence-electron chi connectivity index (χ2n) is 5.61. The van der Waals surface area contributed by atoms with Crippen LogP contribution < -0.4 is 9.73 Å². The number of hydrogen-bond acceptors (Lipinski definition) is 4. The second-order valence-corrected chi connectivity index (χ2v) is 9.24. The molecule has 2 rings (SSSR count). The van der Waals surface area contributed by atoms with Crippen LogP contribution in [0, 0.1) is 0 Å². The Labute approximate surface area is 176 Å². The molecular formula is C17H16BrCl2N3O3S. The van der Waals surface area contributed by atoms with Crippen molar-refractivity contribution in [2.24, 2.45) is 5.10 Å². The van der Waals surface area contributed by atoms with Gasteiger partial charge in [0.1, 0.15) is 6.54 Å². The third kappa shape index (κ3) is 6.21. The third-order valence-electron chi connectivity index (χ3n) is 3.49. The molecule has 0 fully saturated rings. The van der Waals surface area contributed by atoms with E-state index in [0.717, 1.165) is 20.6 Å². The first kappa shape index (κ1) is 21.7. The van der Waals surface area contributed by atoms with E-state index in [2.05, 4.69) is 26.5 Å². The van der Waals surface area contributed by atoms with E-state index in [-0.39, 0.29) is 15.7 Å². The van der Waals surface area contributed by atoms with E-state index in [1.54, 1.807) is 6.92 Å². The second kappa shape index (κ2) is 9.05. The Bertz CT molecular complexity index is 979. The Morgan fingerprint density at radius 2 is 1.78 bits per heavy atom. The van der Waals surface area contributed by atoms with Crippen molar-refractivity contribution in [1.29, 1.82) is 0 Å². The number of benzene rings is 2. The van der Waals surface area contributed by atoms with Gasteiger partial charge in [0.2, 0.25) is 10.0 Å². The van der Waals surface area contributed by atoms with Crippen LogP contribution in [0.4, 0.5) is 5.69 Å². The van der Waals surface area contributed by atoms with E-state index < -0.39 is 22.5 Å². The van der Waals surface area contributed by atoms with E-state index in [4.69, 9.17) is 23.2 Å². The van der Waals surface area contributed by atoms with Crippen LogP contribution in [0.15, 0.2) is 52.0 Å². The predicted octanol–water partition coefficient (Wildman–Crippen LogP) is 4.06. The van der Waals surface area contributed by atoms with Gasteiger partial charge in [-0.2, -0.15) is 5.10 Å². The number of nitrogens with one attached hydrogen (secondary N) is 1. The van der Waals surface area contributed by atoms with Gasteiger partial charge in [-0.1, -0.05) is 51.3 Å². The Hall–Kier alpha value is -1.61. The summed E-state index contributed by atoms with van der Waals surface area (Å²) in [4.78, 5) is 12.2. The Kier molecular flexibility index (Phi) is 7.27. The standard InChI is InChI=1S/C17H16BrCl2N3O3S/c1-11(12-3-5-13(18)6-4-12)21-22-17(24)10-23(27(2,25)26)14-7-8-15(19)16(20)9-14/h3-9H,10H2,1-2H3,(H,22,24)/b21-11+. The molecular weight excluding hydrogens is 477 g/mol. The molecule has 1 N–H and O–H groups in total. The minimum Gasteiger partial charge on any atom is -0.271 e. The lowest BCUT2D eigenvalue weighted by Gasteiger charge is -2.21. The van der Waals surface area contributed by atoms with Gasteiger partial charge >= 0.3 is 0 Å². The van der Waals surface area contributed by atoms with Crippen LogP contribution in [-0.4, -0.2) is 32.8 Å². The first-order valence-electron chi connectivity index (χ1n) is 7.60. The van der Waals surface area contributed by atoms with E-state index >= 15 is 0 Å². The number of nitrogens with zero attached hydrogens (tertiary/aromatic N) is 2. The summed E-state index contributed by atoms with van der Waals surface area (Å²) in [6, 6.07) is 11.7. The maximum Gasteiger partial charge on any atom is 0.260 e. The van der Waals surface area contributed by atoms with E-state index in [0.29, 0.717) is 5.71 Å². The fourth-order valence-electron chi connectivity index (χ4n) is 2.11. The van der Waals surface area contributed by atoms with Crippen LogP contribution in [0.1, 0.15) is 12.5 Å². The molecule has 0 aliphatic carbocycles. The average molecular weight is 493 g/mol. The lowest BCUT2D eigenvalue weighted by atomic mass is 10.1. The number of hydrazone groups is 1. The largest absolute Gasteiger partial charge is 0.271 e. The molecule has 0 spiro atoms. The summed E-state index contributed by atoms with van der Waals surface area (Å²) in [5, 5.41) is 4.49. The lowest BCUT2D eigenvalue weighted by molar-refractivity contribution is -0.119. The number of carbonyl (C=O) groups is 1. The first-order valence-corrected chi connectivity index (χ1v) is 11.0. The van der Waals surface area contributed by atoms with Crippen molar-refractivity contribution >= 4 is 66.5 Å². The van der Waals surface area contributed by atoms with Gasteiger partial charge in [-0.3, -0.25) is 9.10 Å². The van der Waals surface area contributed by atoms with Crippen molar-refractivity contribution in [2.75, 3.05) is 17.1 Å². The summed E-state index contributed by atoms with van der Waals surface area (Å²) < 4.78 is 26.0. The van der Waals surface area contributed by atoms with Gasteiger partial charge in [0.15, 0.2) is 0 Å². The number of rotatable bonds is 6. The van der Waals surface area contributed by atoms with Crippen molar-refractivity contribution < 1.29 is 13.2 Å². The highest BCUT2D eigenvalue weighted by Crippen LogP contribution is 2.28. The van der Waals surface area contributed by atoms with Gasteiger partial charge in [0.25, 0.3) is 5.91 Å². The van der Waals surface area contributed by atoms with Gasteiger partial charge < -0.3 is 0 Å². The van der Waals surface area contributed by atoms with E-state index in [9.17, 15) is 13.2 Å². The summed E-state index contributed by atoms with van der Waals surface area (Å²) in [6.45, 7) is 1.28. The highest BCUT2D eigenvalue weighted by atomic mass is 79.9. The molecule has 2 aromatic carbocycles. The molecule has 0 bridgehead atoms. The van der Waals surface area contributed by atoms with Crippen LogP contribution in [0.3, 0.4) is 0 Å². The molecule has 2 aromatic rings. The van der Waals surface area contributed by atoms with Crippen molar-refractivity contribution in [2.45, 2.75) is 6.92 Å². The lowest BCUT2D eigenvalue weighted by Crippen LogP contribution is -2.39. The number of carbonyl (C=O) groups excluding carboxylic acids is 1. The zero-order valence-electron chi connectivity index (χ0n) is 14.4. The van der Waals surface area contributed by atoms with Crippen LogP contribution in [0.25, 0.3) is 0 Å². The van der Waals surface area contributed by atoms with E-state index in [1.807, 2.05) is 24.3 Å². The highest BCUT2D eigenvalue weighted by molar-refractivity contribution is 9.10. The molecule has 0 saturated heterocycles. The molecule has 0 radical (unpaired) electrons. The number of halogens is 3. The molecule has 0 aliphatic rings. The number of hydrogen-bond donors (Lipinski definition) is 1. The number of anilines is 1. The molecule has 0 unspecified atom stereocenters. The normalized spacial score (nSPS) is 12.0. The minimum atomic E-state index is -3.72. The minimum absolute atomic E-state index is 0.187. The zero-order chi connectivity index (χ0) is 20.2. The SMILES string of the molecule is C/C(=N\NC(=O)CN(c1ccc(Cl)c(Cl)c1)S(C)(=O)=O)c1ccc(Br)cc1. The number of sulfonamides is 1. The van der Waals surface area contributed by atoms with Crippen molar-refractivity contribution in [3.63, 3.8) is 0 Å². The Morgan fingerprint density at radius 3 is 2.33 bits per heavy atom. The quantitative estimate of drug-likeness (QED) is 0.487. The van der Waals surface area contributed by atoms with E-state index in [1.165, 1.54) is 18.2 Å². The van der Waals surface area contributed by atoms with Crippen molar-refractivity contribution in [3.05, 3.63) is 62.5 Å². The summed E-state index contributed by atoms with van der Waals surface area (Å²) in [7, 11) is -3.72. The summed E-state index contributed by atoms with van der Waals surface area (Å²) in [5.41, 5.74) is 4.00. The fraction of sp³-hybridized carbons (Fsp3) is 0.176. The smallest absolute Gasteiger partial charge is 0.260 e. The molecule has 0 atom stereocenters. The fourth-order valence-corrected chi connectivity index (χ4v) is 3.51. The van der Waals surface area contributed by atoms with Crippen molar-refractivity contribution in [1.82, 2.24) is 5.43 Å². The van der Waals surface area contributed by atoms with Crippen molar-refractivity contribution in [3.8, 4) is 0 Å². The van der Waals surface area contributed by atoms with Gasteiger partial charge in [-0.15, -0.1) is 0 Å². The molecule has 1 amide bonds. The van der Waals surface area contributed by atoms with Crippen LogP contribution >= 0.6 is 39.1 Å². The molecule has 10 heteroatoms. The molecule has 0 aromatic heterocycles. The van der Waals surface area contributed by atoms with Gasteiger partial charge in [0.05, 0.1) is 27.7 Å². The topological polar surface area (TPSA) is 78.8 Å². The maximum atomic E-state index is 12.2. The predicted molar refractivity (Wildman–Crippen MR) is 113 cm³/mol. The third-order valence-corrected chi connectivity index (χ3v) is 5.90. The Morgan fingerprint density at radius 1 is 1.15 bits per heavy atom. The van der Waals surface area contributed by atoms with Crippen LogP contribution in [0.5, 0.6) is 0 Å². The summed E-state index contributed by atoms with van der Waals surface area (Å²) in [5.74, 6) is -0.594. The molecule has 27 heavy (non-hydrogen) atoms. The van der Waals surface area contributed by atoms with Gasteiger partial charge in [-0.05, 0) is 42.8 Å². The zero-order valence-corrected chi connectivity index (χ0v) is 18.3. The highest BCUT2D eigenvalue weighted by Gasteiger charge is 2.21. The van der Waals surface area contributed by atoms with Crippen LogP contribution in [-0.2, 0) is 14.8 Å².